The van der Waals surface area contributed by atoms with Crippen LogP contribution in [0.25, 0.3) is 10.9 Å². The third kappa shape index (κ3) is 7.13. The molecule has 8 heteroatoms. The minimum absolute atomic E-state index is 0.148. The second-order valence-corrected chi connectivity index (χ2v) is 11.4. The van der Waals surface area contributed by atoms with Crippen LogP contribution in [0, 0.1) is 0 Å². The van der Waals surface area contributed by atoms with Crippen LogP contribution in [-0.2, 0) is 16.1 Å². The van der Waals surface area contributed by atoms with Gasteiger partial charge in [-0.3, -0.25) is 4.79 Å². The molecule has 216 valence electrons. The zero-order valence-corrected chi connectivity index (χ0v) is 24.1. The molecular formula is C34H35N3O5. The first-order valence-electron chi connectivity index (χ1n) is 14.2. The molecule has 0 atom stereocenters. The van der Waals surface area contributed by atoms with E-state index in [1.54, 1.807) is 29.2 Å². The normalized spacial score (nSPS) is 13.9. The first-order chi connectivity index (χ1) is 20.2. The lowest BCUT2D eigenvalue weighted by atomic mass is 9.86. The zero-order chi connectivity index (χ0) is 29.7. The first kappa shape index (κ1) is 28.8. The van der Waals surface area contributed by atoms with Crippen molar-refractivity contribution in [1.82, 2.24) is 9.88 Å². The van der Waals surface area contributed by atoms with Crippen molar-refractivity contribution in [2.75, 3.05) is 18.4 Å². The van der Waals surface area contributed by atoms with E-state index in [4.69, 9.17) is 9.47 Å². The number of carbonyl (C=O) groups excluding carboxylic acids is 3. The van der Waals surface area contributed by atoms with E-state index in [2.05, 4.69) is 10.3 Å². The van der Waals surface area contributed by atoms with E-state index in [0.717, 1.165) is 29.4 Å². The van der Waals surface area contributed by atoms with Gasteiger partial charge in [-0.05, 0) is 87.1 Å². The van der Waals surface area contributed by atoms with Crippen molar-refractivity contribution in [3.8, 4) is 0 Å². The van der Waals surface area contributed by atoms with Crippen LogP contribution in [0.2, 0.25) is 0 Å². The number of nitrogens with one attached hydrogen (secondary N) is 1. The highest BCUT2D eigenvalue weighted by molar-refractivity contribution is 6.05. The summed E-state index contributed by atoms with van der Waals surface area (Å²) < 4.78 is 11.0. The number of benzene rings is 3. The molecule has 0 radical (unpaired) electrons. The number of ether oxygens (including phenoxy) is 2. The van der Waals surface area contributed by atoms with Crippen molar-refractivity contribution in [3.05, 3.63) is 107 Å². The van der Waals surface area contributed by atoms with Crippen molar-refractivity contribution in [2.24, 2.45) is 0 Å². The number of piperidine rings is 1. The van der Waals surface area contributed by atoms with E-state index in [1.165, 1.54) is 0 Å². The number of fused-ring (bicyclic) bond motifs is 1. The van der Waals surface area contributed by atoms with Crippen molar-refractivity contribution in [1.29, 1.82) is 0 Å². The minimum atomic E-state index is -0.536. The summed E-state index contributed by atoms with van der Waals surface area (Å²) in [6.45, 7) is 6.92. The molecular weight excluding hydrogens is 530 g/mol. The highest BCUT2D eigenvalue weighted by Gasteiger charge is 2.29. The van der Waals surface area contributed by atoms with Crippen molar-refractivity contribution >= 4 is 34.7 Å². The first-order valence-corrected chi connectivity index (χ1v) is 14.2. The molecule has 8 nitrogen and oxygen atoms in total. The van der Waals surface area contributed by atoms with Gasteiger partial charge in [0.1, 0.15) is 18.0 Å². The van der Waals surface area contributed by atoms with Gasteiger partial charge < -0.3 is 19.7 Å². The highest BCUT2D eigenvalue weighted by Crippen LogP contribution is 2.31. The molecule has 3 aromatic carbocycles. The van der Waals surface area contributed by atoms with Crippen LogP contribution in [-0.4, -0.2) is 46.5 Å². The van der Waals surface area contributed by atoms with Crippen molar-refractivity contribution in [2.45, 2.75) is 51.7 Å². The SMILES string of the molecule is CC(C)(C)OC(=O)N1CCC(c2ccccc2C(=O)Nc2ccc3cc(C(=O)OCc4ccccc4)ccc3n2)CC1. The molecule has 0 saturated carbocycles. The summed E-state index contributed by atoms with van der Waals surface area (Å²) in [6.07, 6.45) is 1.19. The van der Waals surface area contributed by atoms with Gasteiger partial charge in [0, 0.05) is 24.0 Å². The number of carbonyl (C=O) groups is 3. The summed E-state index contributed by atoms with van der Waals surface area (Å²) in [7, 11) is 0. The number of nitrogens with zero attached hydrogens (tertiary/aromatic N) is 2. The molecule has 1 aromatic heterocycles. The second-order valence-electron chi connectivity index (χ2n) is 11.4. The van der Waals surface area contributed by atoms with Gasteiger partial charge in [-0.15, -0.1) is 0 Å². The van der Waals surface area contributed by atoms with E-state index in [1.807, 2.05) is 81.4 Å². The van der Waals surface area contributed by atoms with Gasteiger partial charge in [0.15, 0.2) is 0 Å². The summed E-state index contributed by atoms with van der Waals surface area (Å²) in [4.78, 5) is 44.8. The summed E-state index contributed by atoms with van der Waals surface area (Å²) in [5.74, 6) is -0.0866. The molecule has 2 amide bonds. The van der Waals surface area contributed by atoms with Gasteiger partial charge in [0.2, 0.25) is 0 Å². The smallest absolute Gasteiger partial charge is 0.410 e. The lowest BCUT2D eigenvalue weighted by molar-refractivity contribution is 0.0204. The molecule has 1 aliphatic heterocycles. The topological polar surface area (TPSA) is 97.8 Å². The predicted octanol–water partition coefficient (Wildman–Crippen LogP) is 6.96. The number of pyridine rings is 1. The quantitative estimate of drug-likeness (QED) is 0.254. The molecule has 0 unspecified atom stereocenters. The molecule has 42 heavy (non-hydrogen) atoms. The van der Waals surface area contributed by atoms with Crippen LogP contribution in [0.5, 0.6) is 0 Å². The van der Waals surface area contributed by atoms with Crippen molar-refractivity contribution in [3.63, 3.8) is 0 Å². The molecule has 1 N–H and O–H groups in total. The molecule has 2 heterocycles. The van der Waals surface area contributed by atoms with E-state index in [9.17, 15) is 14.4 Å². The third-order valence-corrected chi connectivity index (χ3v) is 7.17. The van der Waals surface area contributed by atoms with Crippen LogP contribution in [0.4, 0.5) is 10.6 Å². The molecule has 1 fully saturated rings. The maximum absolute atomic E-state index is 13.4. The Labute approximate surface area is 245 Å². The lowest BCUT2D eigenvalue weighted by Crippen LogP contribution is -2.41. The molecule has 0 bridgehead atoms. The van der Waals surface area contributed by atoms with Crippen molar-refractivity contribution < 1.29 is 23.9 Å². The number of hydrogen-bond donors (Lipinski definition) is 1. The molecule has 1 saturated heterocycles. The highest BCUT2D eigenvalue weighted by atomic mass is 16.6. The average Bonchev–Trinajstić information content (AvgIpc) is 2.99. The predicted molar refractivity (Wildman–Crippen MR) is 161 cm³/mol. The van der Waals surface area contributed by atoms with Gasteiger partial charge >= 0.3 is 12.1 Å². The zero-order valence-electron chi connectivity index (χ0n) is 24.1. The Morgan fingerprint density at radius 2 is 1.62 bits per heavy atom. The molecule has 4 aromatic rings. The Kier molecular flexibility index (Phi) is 8.52. The molecule has 1 aliphatic rings. The maximum Gasteiger partial charge on any atom is 0.410 e. The summed E-state index contributed by atoms with van der Waals surface area (Å²) in [5.41, 5.74) is 3.01. The number of aromatic nitrogens is 1. The number of esters is 1. The van der Waals surface area contributed by atoms with E-state index in [0.29, 0.717) is 35.6 Å². The Morgan fingerprint density at radius 3 is 2.36 bits per heavy atom. The van der Waals surface area contributed by atoms with E-state index >= 15 is 0 Å². The molecule has 0 spiro atoms. The Morgan fingerprint density at radius 1 is 0.905 bits per heavy atom. The van der Waals surface area contributed by atoms with Gasteiger partial charge in [0.05, 0.1) is 11.1 Å². The lowest BCUT2D eigenvalue weighted by Gasteiger charge is -2.34. The number of rotatable bonds is 6. The average molecular weight is 566 g/mol. The Hall–Kier alpha value is -4.72. The summed E-state index contributed by atoms with van der Waals surface area (Å²) in [6, 6.07) is 25.8. The second kappa shape index (κ2) is 12.4. The number of likely N-dealkylation sites (tertiary alicyclic amines) is 1. The fourth-order valence-corrected chi connectivity index (χ4v) is 5.07. The van der Waals surface area contributed by atoms with E-state index in [-0.39, 0.29) is 24.5 Å². The van der Waals surface area contributed by atoms with Crippen LogP contribution in [0.15, 0.2) is 84.9 Å². The largest absolute Gasteiger partial charge is 0.457 e. The van der Waals surface area contributed by atoms with Gasteiger partial charge in [-0.25, -0.2) is 14.6 Å². The Bertz CT molecular complexity index is 1590. The summed E-state index contributed by atoms with van der Waals surface area (Å²) >= 11 is 0. The fraction of sp³-hybridized carbons (Fsp3) is 0.294. The third-order valence-electron chi connectivity index (χ3n) is 7.17. The van der Waals surface area contributed by atoms with Crippen LogP contribution in [0.3, 0.4) is 0 Å². The minimum Gasteiger partial charge on any atom is -0.457 e. The van der Waals surface area contributed by atoms with Gasteiger partial charge in [-0.1, -0.05) is 48.5 Å². The van der Waals surface area contributed by atoms with Gasteiger partial charge in [-0.2, -0.15) is 0 Å². The molecule has 0 aliphatic carbocycles. The number of amides is 2. The molecule has 5 rings (SSSR count). The van der Waals surface area contributed by atoms with Gasteiger partial charge in [0.25, 0.3) is 5.91 Å². The number of hydrogen-bond acceptors (Lipinski definition) is 6. The Balaban J connectivity index is 1.23. The van der Waals surface area contributed by atoms with Crippen LogP contribution >= 0.6 is 0 Å². The van der Waals surface area contributed by atoms with Crippen LogP contribution in [0.1, 0.15) is 71.4 Å². The summed E-state index contributed by atoms with van der Waals surface area (Å²) in [5, 5.41) is 3.70. The number of anilines is 1. The maximum atomic E-state index is 13.4. The van der Waals surface area contributed by atoms with Crippen LogP contribution < -0.4 is 5.32 Å². The van der Waals surface area contributed by atoms with E-state index < -0.39 is 11.6 Å². The fourth-order valence-electron chi connectivity index (χ4n) is 5.07. The monoisotopic (exact) mass is 565 g/mol. The standard InChI is InChI=1S/C34H35N3O5/c1-34(2,3)42-33(40)37-19-17-24(18-20-37)27-11-7-8-12-28(27)31(38)36-30-16-14-25-21-26(13-15-29(25)35-30)32(39)41-22-23-9-5-4-6-10-23/h4-16,21,24H,17-20,22H2,1-3H3,(H,35,36,38).